The Morgan fingerprint density at radius 3 is 0.429 bits per heavy atom. The van der Waals surface area contributed by atoms with E-state index in [9.17, 15) is 0 Å². The molecule has 0 aromatic heterocycles. The highest BCUT2D eigenvalue weighted by Crippen LogP contribution is 2.49. The summed E-state index contributed by atoms with van der Waals surface area (Å²) in [5.74, 6) is 15.1. The summed E-state index contributed by atoms with van der Waals surface area (Å²) >= 11 is 0. The molecule has 0 bridgehead atoms. The minimum absolute atomic E-state index is 0.555. The standard InChI is InChI=1S/C88H122O10/c1-11-21-31-43-89-79-55-69-67(71-57-81(91-45-33-23-13-3)85(95-49-37-27-17-7)61-75(71)77-63-87(97-51-39-29-19-9)83(59-73(69)77)93-47-35-25-15-5)53-65(79)41-42-66-54-68-70(56-80(66)90-44-32-22-12-2)74-60-84(94-48-36-26-16-6)88(98-52-40-30-20-10)64-78(74)76-62-86(96-50-38-28-18-8)82(58-72(68)76)92-46-34-24-14-4/h53-64H,11-40,43-52H2,1-10H3. The summed E-state index contributed by atoms with van der Waals surface area (Å²) < 4.78 is 68.3. The fraction of sp³-hybridized carbons (Fsp3) is 0.568. The predicted octanol–water partition coefficient (Wildman–Crippen LogP) is 25.7. The molecule has 8 aromatic rings. The molecule has 0 radical (unpaired) electrons. The van der Waals surface area contributed by atoms with Crippen molar-refractivity contribution in [3.8, 4) is 69.3 Å². The Labute approximate surface area is 590 Å². The lowest BCUT2D eigenvalue weighted by Gasteiger charge is -2.20. The van der Waals surface area contributed by atoms with Gasteiger partial charge < -0.3 is 47.4 Å². The number of benzene rings is 8. The molecule has 0 saturated carbocycles. The molecule has 0 atom stereocenters. The van der Waals surface area contributed by atoms with Gasteiger partial charge in [-0.05, 0) is 202 Å². The molecule has 8 aromatic carbocycles. The fourth-order valence-corrected chi connectivity index (χ4v) is 12.9. The van der Waals surface area contributed by atoms with Gasteiger partial charge in [0.05, 0.1) is 77.2 Å². The van der Waals surface area contributed by atoms with Gasteiger partial charge >= 0.3 is 0 Å². The van der Waals surface area contributed by atoms with Gasteiger partial charge in [0.2, 0.25) is 0 Å². The first kappa shape index (κ1) is 76.6. The third-order valence-electron chi connectivity index (χ3n) is 18.7. The highest BCUT2D eigenvalue weighted by atomic mass is 16.5. The molecule has 0 aliphatic heterocycles. The van der Waals surface area contributed by atoms with E-state index in [-0.39, 0.29) is 0 Å². The average molecular weight is 1340 g/mol. The van der Waals surface area contributed by atoms with Gasteiger partial charge in [-0.2, -0.15) is 0 Å². The van der Waals surface area contributed by atoms with E-state index in [1.54, 1.807) is 0 Å². The fourth-order valence-electron chi connectivity index (χ4n) is 12.9. The maximum absolute atomic E-state index is 7.03. The van der Waals surface area contributed by atoms with E-state index in [0.29, 0.717) is 66.1 Å². The molecule has 0 aliphatic carbocycles. The number of hydrogen-bond acceptors (Lipinski definition) is 10. The van der Waals surface area contributed by atoms with E-state index in [1.165, 1.54) is 0 Å². The highest BCUT2D eigenvalue weighted by Gasteiger charge is 2.23. The Morgan fingerprint density at radius 2 is 0.286 bits per heavy atom. The minimum Gasteiger partial charge on any atom is -0.492 e. The van der Waals surface area contributed by atoms with Crippen LogP contribution < -0.4 is 47.4 Å². The largest absolute Gasteiger partial charge is 0.492 e. The van der Waals surface area contributed by atoms with Crippen molar-refractivity contribution in [3.63, 3.8) is 0 Å². The van der Waals surface area contributed by atoms with Crippen LogP contribution in [0.2, 0.25) is 0 Å². The van der Waals surface area contributed by atoms with Gasteiger partial charge in [-0.3, -0.25) is 0 Å². The molecule has 0 spiro atoms. The maximum Gasteiger partial charge on any atom is 0.161 e. The molecule has 10 heteroatoms. The third kappa shape index (κ3) is 21.7. The number of hydrogen-bond donors (Lipinski definition) is 0. The van der Waals surface area contributed by atoms with Crippen molar-refractivity contribution in [3.05, 3.63) is 83.9 Å². The summed E-state index contributed by atoms with van der Waals surface area (Å²) in [6.07, 6.45) is 31.4. The Kier molecular flexibility index (Phi) is 33.4. The van der Waals surface area contributed by atoms with Gasteiger partial charge in [-0.25, -0.2) is 0 Å². The van der Waals surface area contributed by atoms with Gasteiger partial charge in [0, 0.05) is 0 Å². The van der Waals surface area contributed by atoms with Crippen LogP contribution in [-0.2, 0) is 0 Å². The molecule has 0 heterocycles. The Morgan fingerprint density at radius 1 is 0.163 bits per heavy atom. The van der Waals surface area contributed by atoms with Gasteiger partial charge in [0.1, 0.15) is 11.5 Å². The molecule has 0 aliphatic rings. The Bertz CT molecular complexity index is 3440. The summed E-state index contributed by atoms with van der Waals surface area (Å²) in [6.45, 7) is 28.3. The van der Waals surface area contributed by atoms with Crippen LogP contribution in [0.1, 0.15) is 273 Å². The predicted molar refractivity (Wildman–Crippen MR) is 414 cm³/mol. The smallest absolute Gasteiger partial charge is 0.161 e. The van der Waals surface area contributed by atoms with Gasteiger partial charge in [0.25, 0.3) is 0 Å². The second-order valence-electron chi connectivity index (χ2n) is 27.0. The maximum atomic E-state index is 7.03. The molecule has 0 amide bonds. The first-order valence-corrected chi connectivity index (χ1v) is 39.2. The molecular formula is C88H122O10. The van der Waals surface area contributed by atoms with Crippen LogP contribution in [0.4, 0.5) is 0 Å². The lowest BCUT2D eigenvalue weighted by molar-refractivity contribution is 0.260. The zero-order chi connectivity index (χ0) is 69.1. The van der Waals surface area contributed by atoms with Crippen LogP contribution in [-0.4, -0.2) is 66.1 Å². The van der Waals surface area contributed by atoms with E-state index >= 15 is 0 Å². The molecule has 8 rings (SSSR count). The number of rotatable bonds is 50. The Balaban J connectivity index is 1.45. The number of fused-ring (bicyclic) bond motifs is 12. The zero-order valence-electron chi connectivity index (χ0n) is 62.3. The van der Waals surface area contributed by atoms with Gasteiger partial charge in [-0.1, -0.05) is 209 Å². The van der Waals surface area contributed by atoms with E-state index in [1.807, 2.05) is 0 Å². The van der Waals surface area contributed by atoms with Crippen molar-refractivity contribution < 1.29 is 47.4 Å². The third-order valence-corrected chi connectivity index (χ3v) is 18.7. The molecule has 98 heavy (non-hydrogen) atoms. The van der Waals surface area contributed by atoms with E-state index in [0.717, 1.165) is 326 Å². The zero-order valence-corrected chi connectivity index (χ0v) is 62.3. The summed E-state index contributed by atoms with van der Waals surface area (Å²) in [6, 6.07) is 26.8. The second kappa shape index (κ2) is 42.7. The normalized spacial score (nSPS) is 11.5. The van der Waals surface area contributed by atoms with E-state index in [2.05, 4.69) is 154 Å². The van der Waals surface area contributed by atoms with Crippen molar-refractivity contribution in [2.75, 3.05) is 66.1 Å². The van der Waals surface area contributed by atoms with Crippen molar-refractivity contribution in [2.24, 2.45) is 0 Å². The SMILES string of the molecule is CCCCCOc1cc2c(cc1C#Cc1cc3c(cc1OCCCCC)c1cc(OCCCCC)c(OCCCCC)cc1c1cc(OCCCCC)c(OCCCCC)cc31)c1cc(OCCCCC)c(OCCCCC)cc1c1cc(OCCCCC)c(OCCCCC)cc21. The Hall–Kier alpha value is -7.12. The van der Waals surface area contributed by atoms with Crippen molar-refractivity contribution in [1.82, 2.24) is 0 Å². The molecule has 0 unspecified atom stereocenters. The molecular weight excluding hydrogens is 1220 g/mol. The molecule has 10 nitrogen and oxygen atoms in total. The average Bonchev–Trinajstić information content (AvgIpc) is 0.736. The highest BCUT2D eigenvalue weighted by molar-refractivity contribution is 6.28. The van der Waals surface area contributed by atoms with Crippen molar-refractivity contribution in [1.29, 1.82) is 0 Å². The van der Waals surface area contributed by atoms with Crippen LogP contribution in [0, 0.1) is 11.8 Å². The summed E-state index contributed by atoms with van der Waals surface area (Å²) in [5, 5.41) is 12.6. The molecule has 0 saturated heterocycles. The monoisotopic (exact) mass is 1340 g/mol. The quantitative estimate of drug-likeness (QED) is 0.0209. The first-order valence-electron chi connectivity index (χ1n) is 39.2. The van der Waals surface area contributed by atoms with Crippen LogP contribution >= 0.6 is 0 Å². The summed E-state index contributed by atoms with van der Waals surface area (Å²) in [7, 11) is 0. The molecule has 0 N–H and O–H groups in total. The lowest BCUT2D eigenvalue weighted by Crippen LogP contribution is -2.04. The first-order chi connectivity index (χ1) is 48.3. The lowest BCUT2D eigenvalue weighted by atomic mass is 9.91. The topological polar surface area (TPSA) is 92.3 Å². The van der Waals surface area contributed by atoms with Gasteiger partial charge in [0.15, 0.2) is 46.0 Å². The minimum atomic E-state index is 0.555. The van der Waals surface area contributed by atoms with E-state index in [4.69, 9.17) is 47.4 Å². The van der Waals surface area contributed by atoms with Crippen molar-refractivity contribution >= 4 is 64.6 Å². The van der Waals surface area contributed by atoms with Gasteiger partial charge in [-0.15, -0.1) is 0 Å². The molecule has 0 fully saturated rings. The van der Waals surface area contributed by atoms with Crippen LogP contribution in [0.15, 0.2) is 72.8 Å². The van der Waals surface area contributed by atoms with Crippen LogP contribution in [0.3, 0.4) is 0 Å². The number of unbranched alkanes of at least 4 members (excludes halogenated alkanes) is 20. The van der Waals surface area contributed by atoms with Crippen LogP contribution in [0.25, 0.3) is 64.6 Å². The summed E-state index contributed by atoms with van der Waals surface area (Å²) in [4.78, 5) is 0. The molecule has 534 valence electrons. The van der Waals surface area contributed by atoms with E-state index < -0.39 is 0 Å². The second-order valence-corrected chi connectivity index (χ2v) is 27.0. The van der Waals surface area contributed by atoms with Crippen molar-refractivity contribution in [2.45, 2.75) is 262 Å². The number of ether oxygens (including phenoxy) is 10. The summed E-state index contributed by atoms with van der Waals surface area (Å²) in [5.41, 5.74) is 1.58. The van der Waals surface area contributed by atoms with Crippen LogP contribution in [0.5, 0.6) is 57.5 Å².